The summed E-state index contributed by atoms with van der Waals surface area (Å²) in [5.41, 5.74) is 2.72. The van der Waals surface area contributed by atoms with Gasteiger partial charge in [0.15, 0.2) is 5.16 Å². The van der Waals surface area contributed by atoms with Gasteiger partial charge in [0, 0.05) is 31.1 Å². The Balaban J connectivity index is 1.50. The van der Waals surface area contributed by atoms with Crippen LogP contribution in [0, 0.1) is 12.7 Å². The van der Waals surface area contributed by atoms with Gasteiger partial charge in [-0.15, -0.1) is 10.2 Å². The highest BCUT2D eigenvalue weighted by Gasteiger charge is 2.22. The number of ether oxygens (including phenoxy) is 1. The summed E-state index contributed by atoms with van der Waals surface area (Å²) in [5.74, 6) is 0.736. The summed E-state index contributed by atoms with van der Waals surface area (Å²) in [6, 6.07) is 11.6. The van der Waals surface area contributed by atoms with E-state index in [1.807, 2.05) is 29.7 Å². The number of pyridine rings is 1. The van der Waals surface area contributed by atoms with Crippen LogP contribution in [0.2, 0.25) is 0 Å². The molecule has 1 aliphatic heterocycles. The van der Waals surface area contributed by atoms with Crippen molar-refractivity contribution in [2.75, 3.05) is 31.2 Å². The lowest BCUT2D eigenvalue weighted by molar-refractivity contribution is 0.122. The van der Waals surface area contributed by atoms with Gasteiger partial charge in [-0.05, 0) is 36.8 Å². The number of hydrogen-bond donors (Lipinski definition) is 0. The first-order valence-electron chi connectivity index (χ1n) is 10.2. The molecule has 0 N–H and O–H groups in total. The number of morpholine rings is 1. The molecule has 1 aliphatic rings. The maximum absolute atomic E-state index is 14.0. The van der Waals surface area contributed by atoms with Gasteiger partial charge in [-0.25, -0.2) is 9.37 Å². The molecule has 5 rings (SSSR count). The topological polar surface area (TPSA) is 77.5 Å². The number of nitrogens with zero attached hydrogens (tertiary/aromatic N) is 6. The second-order valence-electron chi connectivity index (χ2n) is 7.46. The molecule has 4 heterocycles. The predicted molar refractivity (Wildman–Crippen MR) is 120 cm³/mol. The fourth-order valence-electron chi connectivity index (χ4n) is 3.69. The van der Waals surface area contributed by atoms with Crippen LogP contribution in [0.3, 0.4) is 0 Å². The van der Waals surface area contributed by atoms with Crippen molar-refractivity contribution in [3.8, 4) is 5.69 Å². The molecule has 0 radical (unpaired) electrons. The maximum atomic E-state index is 14.0. The maximum Gasteiger partial charge on any atom is 0.258 e. The SMILES string of the molecule is Cc1cccn2c(=O)cc(CSc3nnc(N4CCOCC4)n3-c3cccc(F)c3)nc12. The van der Waals surface area contributed by atoms with Crippen LogP contribution in [0.5, 0.6) is 0 Å². The molecule has 0 unspecified atom stereocenters. The van der Waals surface area contributed by atoms with Crippen molar-refractivity contribution in [2.24, 2.45) is 0 Å². The lowest BCUT2D eigenvalue weighted by Crippen LogP contribution is -2.37. The minimum atomic E-state index is -0.334. The largest absolute Gasteiger partial charge is 0.378 e. The number of halogens is 1. The lowest BCUT2D eigenvalue weighted by Gasteiger charge is -2.27. The van der Waals surface area contributed by atoms with Gasteiger partial charge in [-0.2, -0.15) is 0 Å². The number of aryl methyl sites for hydroxylation is 1. The molecule has 8 nitrogen and oxygen atoms in total. The fourth-order valence-corrected chi connectivity index (χ4v) is 4.53. The highest BCUT2D eigenvalue weighted by molar-refractivity contribution is 7.98. The molecule has 1 saturated heterocycles. The summed E-state index contributed by atoms with van der Waals surface area (Å²) in [5, 5.41) is 9.37. The van der Waals surface area contributed by atoms with E-state index in [-0.39, 0.29) is 11.4 Å². The molecule has 0 aliphatic carbocycles. The van der Waals surface area contributed by atoms with Crippen molar-refractivity contribution in [1.29, 1.82) is 0 Å². The van der Waals surface area contributed by atoms with Crippen LogP contribution < -0.4 is 10.5 Å². The molecule has 10 heteroatoms. The quantitative estimate of drug-likeness (QED) is 0.431. The third-order valence-corrected chi connectivity index (χ3v) is 6.23. The first-order chi connectivity index (χ1) is 15.6. The van der Waals surface area contributed by atoms with E-state index >= 15 is 0 Å². The summed E-state index contributed by atoms with van der Waals surface area (Å²) in [6.45, 7) is 4.49. The normalized spacial score (nSPS) is 14.2. The van der Waals surface area contributed by atoms with Crippen molar-refractivity contribution in [3.63, 3.8) is 0 Å². The lowest BCUT2D eigenvalue weighted by atomic mass is 10.3. The van der Waals surface area contributed by atoms with Crippen LogP contribution in [0.25, 0.3) is 11.3 Å². The fraction of sp³-hybridized carbons (Fsp3) is 0.273. The van der Waals surface area contributed by atoms with Gasteiger partial charge >= 0.3 is 0 Å². The highest BCUT2D eigenvalue weighted by Crippen LogP contribution is 2.29. The smallest absolute Gasteiger partial charge is 0.258 e. The molecule has 3 aromatic heterocycles. The number of anilines is 1. The third-order valence-electron chi connectivity index (χ3n) is 5.27. The second-order valence-corrected chi connectivity index (χ2v) is 8.40. The zero-order valence-corrected chi connectivity index (χ0v) is 18.3. The van der Waals surface area contributed by atoms with Crippen molar-refractivity contribution < 1.29 is 9.13 Å². The Morgan fingerprint density at radius 2 is 1.97 bits per heavy atom. The molecule has 1 fully saturated rings. The average molecular weight is 453 g/mol. The van der Waals surface area contributed by atoms with Crippen LogP contribution in [-0.4, -0.2) is 50.5 Å². The zero-order valence-electron chi connectivity index (χ0n) is 17.4. The second kappa shape index (κ2) is 8.71. The zero-order chi connectivity index (χ0) is 22.1. The third kappa shape index (κ3) is 3.98. The molecule has 0 atom stereocenters. The number of aromatic nitrogens is 5. The van der Waals surface area contributed by atoms with Crippen molar-refractivity contribution in [1.82, 2.24) is 24.1 Å². The molecule has 0 amide bonds. The minimum Gasteiger partial charge on any atom is -0.378 e. The Hall–Kier alpha value is -3.24. The Kier molecular flexibility index (Phi) is 5.62. The van der Waals surface area contributed by atoms with E-state index in [0.29, 0.717) is 60.2 Å². The number of fused-ring (bicyclic) bond motifs is 1. The van der Waals surface area contributed by atoms with Gasteiger partial charge in [-0.1, -0.05) is 23.9 Å². The molecular formula is C22H21FN6O2S. The Morgan fingerprint density at radius 3 is 2.78 bits per heavy atom. The van der Waals surface area contributed by atoms with E-state index in [4.69, 9.17) is 4.74 Å². The Labute approximate surface area is 187 Å². The minimum absolute atomic E-state index is 0.130. The summed E-state index contributed by atoms with van der Waals surface area (Å²) >= 11 is 1.41. The first kappa shape index (κ1) is 20.7. The summed E-state index contributed by atoms with van der Waals surface area (Å²) in [4.78, 5) is 19.3. The van der Waals surface area contributed by atoms with Crippen LogP contribution in [0.4, 0.5) is 10.3 Å². The summed E-state index contributed by atoms with van der Waals surface area (Å²) in [7, 11) is 0. The van der Waals surface area contributed by atoms with Crippen LogP contribution in [0.1, 0.15) is 11.3 Å². The van der Waals surface area contributed by atoms with Crippen molar-refractivity contribution in [2.45, 2.75) is 17.8 Å². The molecule has 4 aromatic rings. The van der Waals surface area contributed by atoms with Crippen molar-refractivity contribution >= 4 is 23.4 Å². The summed E-state index contributed by atoms with van der Waals surface area (Å²) < 4.78 is 22.8. The van der Waals surface area contributed by atoms with Gasteiger partial charge in [0.1, 0.15) is 11.5 Å². The molecule has 1 aromatic carbocycles. The number of hydrogen-bond acceptors (Lipinski definition) is 7. The summed E-state index contributed by atoms with van der Waals surface area (Å²) in [6.07, 6.45) is 1.71. The van der Waals surface area contributed by atoms with Gasteiger partial charge in [0.25, 0.3) is 5.56 Å². The van der Waals surface area contributed by atoms with E-state index in [1.165, 1.54) is 34.4 Å². The van der Waals surface area contributed by atoms with E-state index in [0.717, 1.165) is 5.56 Å². The van der Waals surface area contributed by atoms with Crippen LogP contribution in [-0.2, 0) is 10.5 Å². The Bertz CT molecular complexity index is 1330. The van der Waals surface area contributed by atoms with Crippen LogP contribution >= 0.6 is 11.8 Å². The molecule has 32 heavy (non-hydrogen) atoms. The van der Waals surface area contributed by atoms with Gasteiger partial charge in [0.2, 0.25) is 5.95 Å². The number of thioether (sulfide) groups is 1. The van der Waals surface area contributed by atoms with E-state index in [2.05, 4.69) is 20.1 Å². The van der Waals surface area contributed by atoms with Gasteiger partial charge in [-0.3, -0.25) is 13.8 Å². The molecule has 0 spiro atoms. The first-order valence-corrected chi connectivity index (χ1v) is 11.2. The average Bonchev–Trinajstić information content (AvgIpc) is 3.23. The number of benzene rings is 1. The molecule has 0 bridgehead atoms. The van der Waals surface area contributed by atoms with Gasteiger partial charge in [0.05, 0.1) is 24.6 Å². The molecule has 0 saturated carbocycles. The van der Waals surface area contributed by atoms with E-state index in [1.54, 1.807) is 12.3 Å². The van der Waals surface area contributed by atoms with Gasteiger partial charge < -0.3 is 9.64 Å². The number of rotatable bonds is 5. The van der Waals surface area contributed by atoms with E-state index < -0.39 is 0 Å². The predicted octanol–water partition coefficient (Wildman–Crippen LogP) is 2.85. The molecule has 164 valence electrons. The van der Waals surface area contributed by atoms with Crippen molar-refractivity contribution in [3.05, 3.63) is 76.1 Å². The standard InChI is InChI=1S/C22H21FN6O2S/c1-15-4-3-7-28-19(30)13-17(24-20(15)28)14-32-22-26-25-21(27-8-10-31-11-9-27)29(22)18-6-2-5-16(23)12-18/h2-7,12-13H,8-11,14H2,1H3. The Morgan fingerprint density at radius 1 is 1.12 bits per heavy atom. The molecular weight excluding hydrogens is 431 g/mol. The van der Waals surface area contributed by atoms with Crippen LogP contribution in [0.15, 0.2) is 58.6 Å². The highest BCUT2D eigenvalue weighted by atomic mass is 32.2. The monoisotopic (exact) mass is 452 g/mol. The van der Waals surface area contributed by atoms with E-state index in [9.17, 15) is 9.18 Å².